The zero-order chi connectivity index (χ0) is 18.5. The molecule has 1 amide bonds. The summed E-state index contributed by atoms with van der Waals surface area (Å²) >= 11 is 1.40. The Balaban J connectivity index is 1.64. The quantitative estimate of drug-likeness (QED) is 0.691. The standard InChI is InChI=1S/C20H20N2O3S/c1-13-4-7-15(8-5-13)25-11-19-21-17(12-26-19)20(23)22-16-10-14(2)6-9-18(16)24-3/h4-10,12H,11H2,1-3H3,(H,22,23). The number of methoxy groups -OCH3 is 1. The van der Waals surface area contributed by atoms with Crippen LogP contribution in [0, 0.1) is 13.8 Å². The zero-order valence-corrected chi connectivity index (χ0v) is 15.7. The first-order valence-corrected chi connectivity index (χ1v) is 9.03. The van der Waals surface area contributed by atoms with E-state index in [1.54, 1.807) is 12.5 Å². The van der Waals surface area contributed by atoms with Crippen LogP contribution in [0.1, 0.15) is 26.6 Å². The Hall–Kier alpha value is -2.86. The molecular weight excluding hydrogens is 348 g/mol. The second-order valence-corrected chi connectivity index (χ2v) is 6.83. The molecule has 6 heteroatoms. The summed E-state index contributed by atoms with van der Waals surface area (Å²) in [7, 11) is 1.57. The van der Waals surface area contributed by atoms with Crippen LogP contribution in [0.4, 0.5) is 5.69 Å². The normalized spacial score (nSPS) is 10.4. The number of hydrogen-bond acceptors (Lipinski definition) is 5. The van der Waals surface area contributed by atoms with Gasteiger partial charge in [0.15, 0.2) is 0 Å². The van der Waals surface area contributed by atoms with E-state index >= 15 is 0 Å². The van der Waals surface area contributed by atoms with Gasteiger partial charge in [-0.1, -0.05) is 23.8 Å². The molecule has 0 atom stereocenters. The molecule has 0 aliphatic carbocycles. The van der Waals surface area contributed by atoms with Crippen LogP contribution in [-0.2, 0) is 6.61 Å². The molecule has 3 rings (SSSR count). The van der Waals surface area contributed by atoms with E-state index in [2.05, 4.69) is 10.3 Å². The highest BCUT2D eigenvalue weighted by Gasteiger charge is 2.14. The van der Waals surface area contributed by atoms with Crippen molar-refractivity contribution < 1.29 is 14.3 Å². The lowest BCUT2D eigenvalue weighted by molar-refractivity contribution is 0.102. The number of thiazole rings is 1. The van der Waals surface area contributed by atoms with Crippen LogP contribution < -0.4 is 14.8 Å². The minimum absolute atomic E-state index is 0.272. The number of nitrogens with one attached hydrogen (secondary N) is 1. The van der Waals surface area contributed by atoms with E-state index < -0.39 is 0 Å². The number of rotatable bonds is 6. The van der Waals surface area contributed by atoms with Crippen molar-refractivity contribution in [3.8, 4) is 11.5 Å². The SMILES string of the molecule is COc1ccc(C)cc1NC(=O)c1csc(COc2ccc(C)cc2)n1. The van der Waals surface area contributed by atoms with Crippen molar-refractivity contribution in [3.05, 3.63) is 69.7 Å². The molecule has 0 fully saturated rings. The Bertz CT molecular complexity index is 904. The topological polar surface area (TPSA) is 60.5 Å². The highest BCUT2D eigenvalue weighted by Crippen LogP contribution is 2.26. The van der Waals surface area contributed by atoms with E-state index in [1.807, 2.05) is 56.3 Å². The van der Waals surface area contributed by atoms with Gasteiger partial charge in [0.05, 0.1) is 12.8 Å². The molecule has 0 aliphatic rings. The summed E-state index contributed by atoms with van der Waals surface area (Å²) in [6.45, 7) is 4.31. The summed E-state index contributed by atoms with van der Waals surface area (Å²) in [5.74, 6) is 1.12. The first kappa shape index (κ1) is 17.9. The van der Waals surface area contributed by atoms with Crippen molar-refractivity contribution in [1.29, 1.82) is 0 Å². The van der Waals surface area contributed by atoms with Gasteiger partial charge in [0.1, 0.15) is 28.8 Å². The van der Waals surface area contributed by atoms with Gasteiger partial charge in [-0.25, -0.2) is 4.98 Å². The third-order valence-corrected chi connectivity index (χ3v) is 4.59. The number of anilines is 1. The minimum atomic E-state index is -0.272. The van der Waals surface area contributed by atoms with E-state index in [0.717, 1.165) is 16.3 Å². The molecule has 3 aromatic rings. The number of hydrogen-bond donors (Lipinski definition) is 1. The number of amides is 1. The molecule has 1 N–H and O–H groups in total. The Kier molecular flexibility index (Phi) is 5.53. The highest BCUT2D eigenvalue weighted by atomic mass is 32.1. The molecule has 0 unspecified atom stereocenters. The molecule has 0 saturated heterocycles. The van der Waals surface area contributed by atoms with Crippen LogP contribution in [0.25, 0.3) is 0 Å². The summed E-state index contributed by atoms with van der Waals surface area (Å²) in [6.07, 6.45) is 0. The third-order valence-electron chi connectivity index (χ3n) is 3.77. The molecule has 2 aromatic carbocycles. The summed E-state index contributed by atoms with van der Waals surface area (Å²) in [5.41, 5.74) is 3.20. The molecule has 0 saturated carbocycles. The van der Waals surface area contributed by atoms with Crippen LogP contribution in [0.5, 0.6) is 11.5 Å². The van der Waals surface area contributed by atoms with Gasteiger partial charge < -0.3 is 14.8 Å². The molecule has 134 valence electrons. The monoisotopic (exact) mass is 368 g/mol. The number of ether oxygens (including phenoxy) is 2. The number of aromatic nitrogens is 1. The van der Waals surface area contributed by atoms with Crippen LogP contribution in [0.3, 0.4) is 0 Å². The first-order valence-electron chi connectivity index (χ1n) is 8.15. The second-order valence-electron chi connectivity index (χ2n) is 5.89. The van der Waals surface area contributed by atoms with E-state index in [9.17, 15) is 4.79 Å². The van der Waals surface area contributed by atoms with Crippen molar-refractivity contribution in [1.82, 2.24) is 4.98 Å². The smallest absolute Gasteiger partial charge is 0.275 e. The average Bonchev–Trinajstić information content (AvgIpc) is 3.11. The maximum absolute atomic E-state index is 12.5. The van der Waals surface area contributed by atoms with E-state index in [1.165, 1.54) is 16.9 Å². The molecular formula is C20H20N2O3S. The van der Waals surface area contributed by atoms with Gasteiger partial charge in [-0.15, -0.1) is 11.3 Å². The molecule has 1 aromatic heterocycles. The zero-order valence-electron chi connectivity index (χ0n) is 14.9. The molecule has 0 aliphatic heterocycles. The Morgan fingerprint density at radius 1 is 1.12 bits per heavy atom. The van der Waals surface area contributed by atoms with Gasteiger partial charge in [-0.2, -0.15) is 0 Å². The van der Waals surface area contributed by atoms with Crippen LogP contribution in [-0.4, -0.2) is 18.0 Å². The number of nitrogens with zero attached hydrogens (tertiary/aromatic N) is 1. The van der Waals surface area contributed by atoms with Crippen molar-refractivity contribution in [2.45, 2.75) is 20.5 Å². The number of carbonyl (C=O) groups is 1. The van der Waals surface area contributed by atoms with Gasteiger partial charge >= 0.3 is 0 Å². The van der Waals surface area contributed by atoms with Crippen LogP contribution >= 0.6 is 11.3 Å². The summed E-state index contributed by atoms with van der Waals surface area (Å²) < 4.78 is 11.0. The first-order chi connectivity index (χ1) is 12.5. The summed E-state index contributed by atoms with van der Waals surface area (Å²) in [4.78, 5) is 16.8. The fraction of sp³-hybridized carbons (Fsp3) is 0.200. The van der Waals surface area contributed by atoms with Gasteiger partial charge in [0.25, 0.3) is 5.91 Å². The Labute approximate surface area is 156 Å². The van der Waals surface area contributed by atoms with Crippen molar-refractivity contribution in [2.75, 3.05) is 12.4 Å². The number of benzene rings is 2. The summed E-state index contributed by atoms with van der Waals surface area (Å²) in [6, 6.07) is 13.4. The van der Waals surface area contributed by atoms with Gasteiger partial charge in [0, 0.05) is 5.38 Å². The predicted octanol–water partition coefficient (Wildman–Crippen LogP) is 4.60. The highest BCUT2D eigenvalue weighted by molar-refractivity contribution is 7.09. The third kappa shape index (κ3) is 4.40. The van der Waals surface area contributed by atoms with Gasteiger partial charge in [0.2, 0.25) is 0 Å². The van der Waals surface area contributed by atoms with Gasteiger partial charge in [-0.3, -0.25) is 4.79 Å². The molecule has 0 radical (unpaired) electrons. The maximum Gasteiger partial charge on any atom is 0.275 e. The fourth-order valence-electron chi connectivity index (χ4n) is 2.37. The van der Waals surface area contributed by atoms with Crippen molar-refractivity contribution >= 4 is 22.9 Å². The fourth-order valence-corrected chi connectivity index (χ4v) is 3.05. The lowest BCUT2D eigenvalue weighted by atomic mass is 10.2. The Morgan fingerprint density at radius 2 is 1.85 bits per heavy atom. The molecule has 0 bridgehead atoms. The second kappa shape index (κ2) is 8.01. The molecule has 1 heterocycles. The Morgan fingerprint density at radius 3 is 2.58 bits per heavy atom. The lowest BCUT2D eigenvalue weighted by Gasteiger charge is -2.10. The maximum atomic E-state index is 12.5. The van der Waals surface area contributed by atoms with Crippen LogP contribution in [0.2, 0.25) is 0 Å². The lowest BCUT2D eigenvalue weighted by Crippen LogP contribution is -2.13. The van der Waals surface area contributed by atoms with E-state index in [-0.39, 0.29) is 5.91 Å². The largest absolute Gasteiger partial charge is 0.495 e. The predicted molar refractivity (Wildman–Crippen MR) is 103 cm³/mol. The molecule has 0 spiro atoms. The molecule has 26 heavy (non-hydrogen) atoms. The van der Waals surface area contributed by atoms with Crippen LogP contribution in [0.15, 0.2) is 47.8 Å². The van der Waals surface area contributed by atoms with E-state index in [4.69, 9.17) is 9.47 Å². The van der Waals surface area contributed by atoms with Crippen molar-refractivity contribution in [2.24, 2.45) is 0 Å². The summed E-state index contributed by atoms with van der Waals surface area (Å²) in [5, 5.41) is 5.32. The minimum Gasteiger partial charge on any atom is -0.495 e. The number of carbonyl (C=O) groups excluding carboxylic acids is 1. The van der Waals surface area contributed by atoms with Gasteiger partial charge in [-0.05, 0) is 43.7 Å². The van der Waals surface area contributed by atoms with E-state index in [0.29, 0.717) is 23.7 Å². The number of aryl methyl sites for hydroxylation is 2. The molecule has 5 nitrogen and oxygen atoms in total. The average molecular weight is 368 g/mol. The van der Waals surface area contributed by atoms with Crippen molar-refractivity contribution in [3.63, 3.8) is 0 Å².